The van der Waals surface area contributed by atoms with Gasteiger partial charge in [0.2, 0.25) is 5.91 Å². The summed E-state index contributed by atoms with van der Waals surface area (Å²) in [5, 5.41) is 9.53. The molecule has 1 amide bonds. The highest BCUT2D eigenvalue weighted by molar-refractivity contribution is 6.29. The van der Waals surface area contributed by atoms with Crippen LogP contribution in [0.15, 0.2) is 48.9 Å². The maximum Gasteiger partial charge on any atom is 0.246 e. The molecule has 0 bridgehead atoms. The Morgan fingerprint density at radius 2 is 2.18 bits per heavy atom. The molecule has 0 aliphatic heterocycles. The van der Waals surface area contributed by atoms with E-state index in [1.807, 2.05) is 12.1 Å². The van der Waals surface area contributed by atoms with Crippen LogP contribution in [0.5, 0.6) is 0 Å². The number of aromatic nitrogens is 2. The van der Waals surface area contributed by atoms with Gasteiger partial charge in [0, 0.05) is 37.8 Å². The largest absolute Gasteiger partial charge is 0.395 e. The van der Waals surface area contributed by atoms with E-state index >= 15 is 0 Å². The zero-order valence-electron chi connectivity index (χ0n) is 11.9. The van der Waals surface area contributed by atoms with Crippen molar-refractivity contribution in [2.24, 2.45) is 0 Å². The lowest BCUT2D eigenvalue weighted by Crippen LogP contribution is -2.31. The first-order chi connectivity index (χ1) is 10.7. The Morgan fingerprint density at radius 1 is 1.32 bits per heavy atom. The van der Waals surface area contributed by atoms with Gasteiger partial charge in [-0.05, 0) is 29.3 Å². The monoisotopic (exact) mass is 317 g/mol. The summed E-state index contributed by atoms with van der Waals surface area (Å²) in [7, 11) is 0. The van der Waals surface area contributed by atoms with Crippen LogP contribution >= 0.6 is 11.6 Å². The fourth-order valence-corrected chi connectivity index (χ4v) is 1.97. The Morgan fingerprint density at radius 3 is 2.82 bits per heavy atom. The summed E-state index contributed by atoms with van der Waals surface area (Å²) in [4.78, 5) is 21.8. The highest BCUT2D eigenvalue weighted by Crippen LogP contribution is 2.08. The van der Waals surface area contributed by atoms with Crippen molar-refractivity contribution in [2.75, 3.05) is 13.2 Å². The molecule has 2 aromatic rings. The van der Waals surface area contributed by atoms with E-state index in [0.29, 0.717) is 11.7 Å². The van der Waals surface area contributed by atoms with Gasteiger partial charge in [-0.3, -0.25) is 9.78 Å². The van der Waals surface area contributed by atoms with Crippen LogP contribution in [0.25, 0.3) is 6.08 Å². The predicted molar refractivity (Wildman–Crippen MR) is 85.0 cm³/mol. The molecule has 6 heteroatoms. The normalized spacial score (nSPS) is 10.8. The summed E-state index contributed by atoms with van der Waals surface area (Å²) < 4.78 is 0. The topological polar surface area (TPSA) is 66.3 Å². The minimum absolute atomic E-state index is 0.0949. The minimum Gasteiger partial charge on any atom is -0.395 e. The molecule has 2 aromatic heterocycles. The molecule has 0 saturated heterocycles. The first-order valence-corrected chi connectivity index (χ1v) is 7.15. The van der Waals surface area contributed by atoms with Crippen LogP contribution in [-0.4, -0.2) is 39.0 Å². The average Bonchev–Trinajstić information content (AvgIpc) is 2.54. The first kappa shape index (κ1) is 16.1. The molecule has 5 nitrogen and oxygen atoms in total. The Balaban J connectivity index is 2.04. The number of nitrogens with zero attached hydrogens (tertiary/aromatic N) is 3. The Kier molecular flexibility index (Phi) is 6.06. The number of hydrogen-bond acceptors (Lipinski definition) is 4. The van der Waals surface area contributed by atoms with E-state index < -0.39 is 0 Å². The van der Waals surface area contributed by atoms with Gasteiger partial charge in [-0.25, -0.2) is 4.98 Å². The number of amides is 1. The molecule has 0 unspecified atom stereocenters. The number of carbonyl (C=O) groups excluding carboxylic acids is 1. The quantitative estimate of drug-likeness (QED) is 0.655. The van der Waals surface area contributed by atoms with E-state index in [4.69, 9.17) is 16.7 Å². The number of rotatable bonds is 6. The average molecular weight is 318 g/mol. The lowest BCUT2D eigenvalue weighted by molar-refractivity contribution is -0.127. The summed E-state index contributed by atoms with van der Waals surface area (Å²) in [6, 6.07) is 7.13. The van der Waals surface area contributed by atoms with Crippen LogP contribution in [0, 0.1) is 0 Å². The molecule has 0 aliphatic carbocycles. The number of pyridine rings is 2. The zero-order valence-corrected chi connectivity index (χ0v) is 12.6. The SMILES string of the molecule is O=C(/C=C/c1ccc(Cl)nc1)N(CCO)Cc1cccnc1. The number of hydrogen-bond donors (Lipinski definition) is 1. The van der Waals surface area contributed by atoms with Gasteiger partial charge in [0.1, 0.15) is 5.15 Å². The standard InChI is InChI=1S/C16H16ClN3O2/c17-15-5-3-13(11-19-15)4-6-16(22)20(8-9-21)12-14-2-1-7-18-10-14/h1-7,10-11,21H,8-9,12H2/b6-4+. The third-order valence-electron chi connectivity index (χ3n) is 2.95. The van der Waals surface area contributed by atoms with Crippen LogP contribution in [0.3, 0.4) is 0 Å². The van der Waals surface area contributed by atoms with Crippen LogP contribution in [0.1, 0.15) is 11.1 Å². The molecule has 0 fully saturated rings. The predicted octanol–water partition coefficient (Wildman–Crippen LogP) is 2.16. The first-order valence-electron chi connectivity index (χ1n) is 6.77. The Hall–Kier alpha value is -2.24. The molecule has 0 spiro atoms. The highest BCUT2D eigenvalue weighted by atomic mass is 35.5. The third kappa shape index (κ3) is 4.95. The van der Waals surface area contributed by atoms with Crippen LogP contribution in [0.4, 0.5) is 0 Å². The molecule has 2 heterocycles. The maximum absolute atomic E-state index is 12.2. The van der Waals surface area contributed by atoms with Crippen molar-refractivity contribution in [3.8, 4) is 0 Å². The number of aliphatic hydroxyl groups is 1. The van der Waals surface area contributed by atoms with Gasteiger partial charge in [0.15, 0.2) is 0 Å². The molecule has 0 aromatic carbocycles. The Labute approximate surface area is 133 Å². The molecular formula is C16H16ClN3O2. The summed E-state index contributed by atoms with van der Waals surface area (Å²) in [5.41, 5.74) is 1.69. The molecular weight excluding hydrogens is 302 g/mol. The van der Waals surface area contributed by atoms with Crippen molar-refractivity contribution in [3.63, 3.8) is 0 Å². The second-order valence-electron chi connectivity index (χ2n) is 4.59. The molecule has 0 atom stereocenters. The van der Waals surface area contributed by atoms with Gasteiger partial charge in [0.05, 0.1) is 6.61 Å². The van der Waals surface area contributed by atoms with Crippen molar-refractivity contribution in [3.05, 3.63) is 65.2 Å². The summed E-state index contributed by atoms with van der Waals surface area (Å²) in [6.07, 6.45) is 8.08. The van der Waals surface area contributed by atoms with Crippen molar-refractivity contribution < 1.29 is 9.90 Å². The second-order valence-corrected chi connectivity index (χ2v) is 4.98. The molecule has 0 radical (unpaired) electrons. The summed E-state index contributed by atoms with van der Waals surface area (Å²) in [6.45, 7) is 0.565. The number of aliphatic hydroxyl groups excluding tert-OH is 1. The van der Waals surface area contributed by atoms with E-state index in [2.05, 4.69) is 9.97 Å². The van der Waals surface area contributed by atoms with Crippen molar-refractivity contribution >= 4 is 23.6 Å². The number of halogens is 1. The lowest BCUT2D eigenvalue weighted by atomic mass is 10.2. The third-order valence-corrected chi connectivity index (χ3v) is 3.17. The van der Waals surface area contributed by atoms with E-state index in [1.54, 1.807) is 41.7 Å². The second kappa shape index (κ2) is 8.26. The van der Waals surface area contributed by atoms with Gasteiger partial charge in [0.25, 0.3) is 0 Å². The van der Waals surface area contributed by atoms with Crippen molar-refractivity contribution in [2.45, 2.75) is 6.54 Å². The zero-order chi connectivity index (χ0) is 15.8. The van der Waals surface area contributed by atoms with Gasteiger partial charge in [-0.1, -0.05) is 23.7 Å². The van der Waals surface area contributed by atoms with Gasteiger partial charge in [-0.2, -0.15) is 0 Å². The van der Waals surface area contributed by atoms with Crippen molar-refractivity contribution in [1.82, 2.24) is 14.9 Å². The van der Waals surface area contributed by atoms with E-state index in [-0.39, 0.29) is 19.1 Å². The highest BCUT2D eigenvalue weighted by Gasteiger charge is 2.10. The van der Waals surface area contributed by atoms with Crippen LogP contribution in [-0.2, 0) is 11.3 Å². The fraction of sp³-hybridized carbons (Fsp3) is 0.188. The minimum atomic E-state index is -0.187. The molecule has 1 N–H and O–H groups in total. The van der Waals surface area contributed by atoms with E-state index in [1.165, 1.54) is 6.08 Å². The maximum atomic E-state index is 12.2. The lowest BCUT2D eigenvalue weighted by Gasteiger charge is -2.20. The van der Waals surface area contributed by atoms with Crippen molar-refractivity contribution in [1.29, 1.82) is 0 Å². The van der Waals surface area contributed by atoms with Gasteiger partial charge in [-0.15, -0.1) is 0 Å². The van der Waals surface area contributed by atoms with Gasteiger partial charge < -0.3 is 10.0 Å². The molecule has 2 rings (SSSR count). The fourth-order valence-electron chi connectivity index (χ4n) is 1.86. The number of carbonyl (C=O) groups is 1. The molecule has 0 aliphatic rings. The van der Waals surface area contributed by atoms with E-state index in [9.17, 15) is 4.79 Å². The molecule has 0 saturated carbocycles. The summed E-state index contributed by atoms with van der Waals surface area (Å²) >= 11 is 5.71. The van der Waals surface area contributed by atoms with Crippen LogP contribution < -0.4 is 0 Å². The molecule has 114 valence electrons. The summed E-state index contributed by atoms with van der Waals surface area (Å²) in [5.74, 6) is -0.187. The molecule has 22 heavy (non-hydrogen) atoms. The smallest absolute Gasteiger partial charge is 0.246 e. The Bertz CT molecular complexity index is 630. The van der Waals surface area contributed by atoms with Gasteiger partial charge >= 0.3 is 0 Å². The van der Waals surface area contributed by atoms with E-state index in [0.717, 1.165) is 11.1 Å². The van der Waals surface area contributed by atoms with Crippen LogP contribution in [0.2, 0.25) is 5.15 Å².